The molecule has 0 saturated carbocycles. The van der Waals surface area contributed by atoms with Crippen molar-refractivity contribution in [2.45, 2.75) is 32.6 Å². The lowest BCUT2D eigenvalue weighted by molar-refractivity contribution is -0.136. The Bertz CT molecular complexity index is 893. The number of carbonyl (C=O) groups is 2. The second-order valence-electron chi connectivity index (χ2n) is 8.27. The van der Waals surface area contributed by atoms with Gasteiger partial charge in [-0.05, 0) is 36.1 Å². The number of hydrogen-bond donors (Lipinski definition) is 0. The molecule has 2 aliphatic heterocycles. The lowest BCUT2D eigenvalue weighted by Gasteiger charge is -2.36. The van der Waals surface area contributed by atoms with Gasteiger partial charge in [0.25, 0.3) is 0 Å². The van der Waals surface area contributed by atoms with Gasteiger partial charge in [0.2, 0.25) is 11.8 Å². The summed E-state index contributed by atoms with van der Waals surface area (Å²) in [5.74, 6) is 1.23. The third-order valence-electron chi connectivity index (χ3n) is 6.41. The van der Waals surface area contributed by atoms with E-state index in [1.54, 1.807) is 6.20 Å². The summed E-state index contributed by atoms with van der Waals surface area (Å²) >= 11 is 0. The summed E-state index contributed by atoms with van der Waals surface area (Å²) in [6.07, 6.45) is 3.11. The van der Waals surface area contributed by atoms with E-state index < -0.39 is 0 Å². The molecule has 158 valence electrons. The fraction of sp³-hybridized carbons (Fsp3) is 0.458. The van der Waals surface area contributed by atoms with Crippen molar-refractivity contribution in [2.75, 3.05) is 42.5 Å². The minimum Gasteiger partial charge on any atom is -0.353 e. The van der Waals surface area contributed by atoms with Gasteiger partial charge in [0.1, 0.15) is 5.82 Å². The van der Waals surface area contributed by atoms with Gasteiger partial charge in [0.15, 0.2) is 0 Å². The fourth-order valence-corrected chi connectivity index (χ4v) is 4.43. The third-order valence-corrected chi connectivity index (χ3v) is 6.41. The Balaban J connectivity index is 1.41. The lowest BCUT2D eigenvalue weighted by Crippen LogP contribution is -2.51. The predicted molar refractivity (Wildman–Crippen MR) is 119 cm³/mol. The molecule has 3 heterocycles. The molecule has 6 heteroatoms. The smallest absolute Gasteiger partial charge is 0.228 e. The summed E-state index contributed by atoms with van der Waals surface area (Å²) in [6, 6.07) is 14.0. The van der Waals surface area contributed by atoms with Crippen LogP contribution in [0.4, 0.5) is 11.5 Å². The molecule has 2 saturated heterocycles. The van der Waals surface area contributed by atoms with E-state index in [-0.39, 0.29) is 17.7 Å². The van der Waals surface area contributed by atoms with Gasteiger partial charge < -0.3 is 14.7 Å². The summed E-state index contributed by atoms with van der Waals surface area (Å²) in [4.78, 5) is 36.3. The van der Waals surface area contributed by atoms with Gasteiger partial charge in [0, 0.05) is 51.0 Å². The number of hydrogen-bond acceptors (Lipinski definition) is 4. The largest absolute Gasteiger partial charge is 0.353 e. The van der Waals surface area contributed by atoms with Crippen LogP contribution in [0, 0.1) is 5.92 Å². The number of piperazine rings is 1. The minimum absolute atomic E-state index is 0.0521. The Labute approximate surface area is 178 Å². The number of amides is 2. The lowest BCUT2D eigenvalue weighted by atomic mass is 9.96. The van der Waals surface area contributed by atoms with Crippen LogP contribution in [0.3, 0.4) is 0 Å². The molecular weight excluding hydrogens is 376 g/mol. The van der Waals surface area contributed by atoms with E-state index in [0.717, 1.165) is 31.0 Å². The van der Waals surface area contributed by atoms with Crippen molar-refractivity contribution in [1.82, 2.24) is 9.88 Å². The first-order valence-corrected chi connectivity index (χ1v) is 10.9. The maximum Gasteiger partial charge on any atom is 0.228 e. The van der Waals surface area contributed by atoms with E-state index in [2.05, 4.69) is 29.8 Å². The van der Waals surface area contributed by atoms with Crippen LogP contribution in [0.2, 0.25) is 0 Å². The molecule has 0 aliphatic carbocycles. The molecule has 2 fully saturated rings. The first-order valence-electron chi connectivity index (χ1n) is 10.9. The molecule has 2 aliphatic rings. The van der Waals surface area contributed by atoms with Crippen molar-refractivity contribution in [3.63, 3.8) is 0 Å². The van der Waals surface area contributed by atoms with Crippen LogP contribution >= 0.6 is 0 Å². The SMILES string of the molecule is CCC(C)c1ccccc1N1CC(C(=O)N2CCN(c3ccccn3)CC2)CC1=O. The number of rotatable bonds is 5. The average Bonchev–Trinajstić information content (AvgIpc) is 3.20. The first-order chi connectivity index (χ1) is 14.6. The molecule has 2 aromatic rings. The highest BCUT2D eigenvalue weighted by Gasteiger charge is 2.38. The molecule has 2 unspecified atom stereocenters. The Hall–Kier alpha value is -2.89. The van der Waals surface area contributed by atoms with Crippen LogP contribution in [0.25, 0.3) is 0 Å². The van der Waals surface area contributed by atoms with Crippen molar-refractivity contribution in [1.29, 1.82) is 0 Å². The van der Waals surface area contributed by atoms with Gasteiger partial charge in [0.05, 0.1) is 5.92 Å². The molecule has 2 atom stereocenters. The van der Waals surface area contributed by atoms with Gasteiger partial charge in [-0.15, -0.1) is 0 Å². The van der Waals surface area contributed by atoms with E-state index in [1.807, 2.05) is 46.2 Å². The molecular formula is C24H30N4O2. The number of carbonyl (C=O) groups excluding carboxylic acids is 2. The summed E-state index contributed by atoms with van der Waals surface area (Å²) < 4.78 is 0. The van der Waals surface area contributed by atoms with Gasteiger partial charge in [-0.3, -0.25) is 9.59 Å². The van der Waals surface area contributed by atoms with E-state index in [9.17, 15) is 9.59 Å². The summed E-state index contributed by atoms with van der Waals surface area (Å²) in [5.41, 5.74) is 2.15. The normalized spacial score (nSPS) is 20.5. The van der Waals surface area contributed by atoms with Crippen molar-refractivity contribution >= 4 is 23.3 Å². The number of pyridine rings is 1. The molecule has 1 aromatic carbocycles. The average molecular weight is 407 g/mol. The maximum absolute atomic E-state index is 13.2. The van der Waals surface area contributed by atoms with Crippen molar-refractivity contribution in [3.8, 4) is 0 Å². The van der Waals surface area contributed by atoms with Crippen molar-refractivity contribution in [2.24, 2.45) is 5.92 Å². The number of anilines is 2. The van der Waals surface area contributed by atoms with Crippen LogP contribution in [-0.4, -0.2) is 54.4 Å². The Morgan fingerprint density at radius 2 is 1.83 bits per heavy atom. The summed E-state index contributed by atoms with van der Waals surface area (Å²) in [5, 5.41) is 0. The second-order valence-corrected chi connectivity index (χ2v) is 8.27. The number of aromatic nitrogens is 1. The van der Waals surface area contributed by atoms with E-state index >= 15 is 0 Å². The van der Waals surface area contributed by atoms with E-state index in [4.69, 9.17) is 0 Å². The molecule has 6 nitrogen and oxygen atoms in total. The van der Waals surface area contributed by atoms with Crippen LogP contribution in [0.1, 0.15) is 38.2 Å². The number of benzene rings is 1. The Morgan fingerprint density at radius 3 is 2.53 bits per heavy atom. The molecule has 4 rings (SSSR count). The maximum atomic E-state index is 13.2. The van der Waals surface area contributed by atoms with E-state index in [0.29, 0.717) is 32.0 Å². The van der Waals surface area contributed by atoms with Gasteiger partial charge >= 0.3 is 0 Å². The minimum atomic E-state index is -0.260. The second kappa shape index (κ2) is 8.86. The topological polar surface area (TPSA) is 56.8 Å². The zero-order chi connectivity index (χ0) is 21.1. The van der Waals surface area contributed by atoms with Gasteiger partial charge in [-0.2, -0.15) is 0 Å². The van der Waals surface area contributed by atoms with Crippen LogP contribution < -0.4 is 9.80 Å². The van der Waals surface area contributed by atoms with Crippen LogP contribution in [0.15, 0.2) is 48.7 Å². The number of para-hydroxylation sites is 1. The number of nitrogens with zero attached hydrogens (tertiary/aromatic N) is 4. The molecule has 0 bridgehead atoms. The highest BCUT2D eigenvalue weighted by atomic mass is 16.2. The van der Waals surface area contributed by atoms with E-state index in [1.165, 1.54) is 5.56 Å². The summed E-state index contributed by atoms with van der Waals surface area (Å²) in [7, 11) is 0. The van der Waals surface area contributed by atoms with Gasteiger partial charge in [-0.25, -0.2) is 4.98 Å². The quantitative estimate of drug-likeness (QED) is 0.765. The molecule has 0 radical (unpaired) electrons. The zero-order valence-electron chi connectivity index (χ0n) is 17.8. The highest BCUT2D eigenvalue weighted by Crippen LogP contribution is 2.34. The molecule has 0 spiro atoms. The van der Waals surface area contributed by atoms with Crippen LogP contribution in [-0.2, 0) is 9.59 Å². The van der Waals surface area contributed by atoms with Crippen molar-refractivity contribution in [3.05, 3.63) is 54.2 Å². The Kier molecular flexibility index (Phi) is 6.02. The highest BCUT2D eigenvalue weighted by molar-refractivity contribution is 6.01. The Morgan fingerprint density at radius 1 is 1.10 bits per heavy atom. The van der Waals surface area contributed by atoms with Crippen molar-refractivity contribution < 1.29 is 9.59 Å². The van der Waals surface area contributed by atoms with Crippen LogP contribution in [0.5, 0.6) is 0 Å². The molecule has 2 amide bonds. The first kappa shape index (κ1) is 20.4. The molecule has 0 N–H and O–H groups in total. The third kappa shape index (κ3) is 4.04. The standard InChI is InChI=1S/C24H30N4O2/c1-3-18(2)20-8-4-5-9-21(20)28-17-19(16-23(28)29)24(30)27-14-12-26(13-15-27)22-10-6-7-11-25-22/h4-11,18-19H,3,12-17H2,1-2H3. The van der Waals surface area contributed by atoms with Gasteiger partial charge in [-0.1, -0.05) is 38.1 Å². The molecule has 30 heavy (non-hydrogen) atoms. The zero-order valence-corrected chi connectivity index (χ0v) is 17.8. The predicted octanol–water partition coefficient (Wildman–Crippen LogP) is 3.30. The summed E-state index contributed by atoms with van der Waals surface area (Å²) in [6.45, 7) is 7.69. The fourth-order valence-electron chi connectivity index (χ4n) is 4.43. The monoisotopic (exact) mass is 406 g/mol. The molecule has 1 aromatic heterocycles.